The monoisotopic (exact) mass is 101 g/mol. The van der Waals surface area contributed by atoms with Gasteiger partial charge in [0.15, 0.2) is 6.67 Å². The van der Waals surface area contributed by atoms with Crippen molar-refractivity contribution in [3.05, 3.63) is 0 Å². The molecular formula is C2H3N3O2. The van der Waals surface area contributed by atoms with Crippen LogP contribution in [0.2, 0.25) is 0 Å². The average molecular weight is 101 g/mol. The molecule has 0 bridgehead atoms. The molecule has 0 spiro atoms. The van der Waals surface area contributed by atoms with Crippen molar-refractivity contribution >= 4 is 6.03 Å². The summed E-state index contributed by atoms with van der Waals surface area (Å²) in [6.45, 7) is -0.0289. The summed E-state index contributed by atoms with van der Waals surface area (Å²) in [7, 11) is 0. The minimum absolute atomic E-state index is 0.0289. The van der Waals surface area contributed by atoms with Gasteiger partial charge in [-0.05, 0) is 0 Å². The van der Waals surface area contributed by atoms with Gasteiger partial charge in [0.05, 0.1) is 0 Å². The second kappa shape index (κ2) is 1.27. The van der Waals surface area contributed by atoms with Gasteiger partial charge < -0.3 is 0 Å². The van der Waals surface area contributed by atoms with Crippen LogP contribution in [0.1, 0.15) is 0 Å². The van der Waals surface area contributed by atoms with Gasteiger partial charge in [-0.2, -0.15) is 10.2 Å². The maximum absolute atomic E-state index is 9.99. The van der Waals surface area contributed by atoms with Crippen LogP contribution in [0.15, 0.2) is 10.2 Å². The number of carbonyl (C=O) groups is 1. The standard InChI is InChI=1S/C2H3N3O2/c6-2-4-3-1-5(2)7/h7H,1H2. The molecule has 7 heavy (non-hydrogen) atoms. The van der Waals surface area contributed by atoms with Crippen LogP contribution in [0.5, 0.6) is 0 Å². The molecule has 2 amide bonds. The van der Waals surface area contributed by atoms with Crippen molar-refractivity contribution in [3.63, 3.8) is 0 Å². The molecule has 5 nitrogen and oxygen atoms in total. The lowest BCUT2D eigenvalue weighted by atomic mass is 11.0. The van der Waals surface area contributed by atoms with Gasteiger partial charge in [0.25, 0.3) is 0 Å². The van der Waals surface area contributed by atoms with E-state index in [4.69, 9.17) is 5.21 Å². The molecule has 0 aromatic rings. The first kappa shape index (κ1) is 4.20. The number of azo groups is 1. The fourth-order valence-corrected chi connectivity index (χ4v) is 0.264. The Labute approximate surface area is 39.2 Å². The number of rotatable bonds is 0. The smallest absolute Gasteiger partial charge is 0.282 e. The molecule has 0 aromatic heterocycles. The number of hydroxylamine groups is 2. The van der Waals surface area contributed by atoms with Gasteiger partial charge in [0, 0.05) is 0 Å². The Morgan fingerprint density at radius 2 is 2.57 bits per heavy atom. The Morgan fingerprint density at radius 1 is 1.86 bits per heavy atom. The fraction of sp³-hybridized carbons (Fsp3) is 0.500. The summed E-state index contributed by atoms with van der Waals surface area (Å²) >= 11 is 0. The lowest BCUT2D eigenvalue weighted by Crippen LogP contribution is -2.18. The molecule has 1 rings (SSSR count). The molecular weight excluding hydrogens is 98.0 g/mol. The van der Waals surface area contributed by atoms with Crippen molar-refractivity contribution in [2.75, 3.05) is 6.67 Å². The van der Waals surface area contributed by atoms with E-state index < -0.39 is 6.03 Å². The molecule has 5 heteroatoms. The van der Waals surface area contributed by atoms with Crippen molar-refractivity contribution in [2.45, 2.75) is 0 Å². The summed E-state index contributed by atoms with van der Waals surface area (Å²) in [6.07, 6.45) is 0. The lowest BCUT2D eigenvalue weighted by molar-refractivity contribution is -0.0272. The zero-order valence-corrected chi connectivity index (χ0v) is 3.40. The van der Waals surface area contributed by atoms with E-state index in [1.807, 2.05) is 0 Å². The number of nitrogens with zero attached hydrogens (tertiary/aromatic N) is 3. The molecule has 1 N–H and O–H groups in total. The first-order valence-corrected chi connectivity index (χ1v) is 1.68. The van der Waals surface area contributed by atoms with Crippen LogP contribution < -0.4 is 0 Å². The SMILES string of the molecule is O=C1N=NCN1O. The summed E-state index contributed by atoms with van der Waals surface area (Å²) in [4.78, 5) is 9.99. The molecule has 0 aliphatic carbocycles. The van der Waals surface area contributed by atoms with E-state index in [0.717, 1.165) is 0 Å². The van der Waals surface area contributed by atoms with E-state index in [0.29, 0.717) is 5.06 Å². The second-order valence-corrected chi connectivity index (χ2v) is 1.06. The summed E-state index contributed by atoms with van der Waals surface area (Å²) < 4.78 is 0. The summed E-state index contributed by atoms with van der Waals surface area (Å²) in [5.74, 6) is 0. The van der Waals surface area contributed by atoms with Crippen molar-refractivity contribution < 1.29 is 10.0 Å². The Kier molecular flexibility index (Phi) is 0.759. The highest BCUT2D eigenvalue weighted by Gasteiger charge is 2.13. The number of carbonyl (C=O) groups excluding carboxylic acids is 1. The number of amides is 2. The predicted octanol–water partition coefficient (Wildman–Crippen LogP) is 0.221. The van der Waals surface area contributed by atoms with Crippen LogP contribution in [0.3, 0.4) is 0 Å². The Balaban J connectivity index is 2.62. The Morgan fingerprint density at radius 3 is 2.71 bits per heavy atom. The van der Waals surface area contributed by atoms with Gasteiger partial charge in [0.2, 0.25) is 0 Å². The largest absolute Gasteiger partial charge is 0.387 e. The minimum atomic E-state index is -0.694. The van der Waals surface area contributed by atoms with E-state index in [2.05, 4.69) is 10.2 Å². The third kappa shape index (κ3) is 0.566. The van der Waals surface area contributed by atoms with E-state index in [9.17, 15) is 4.79 Å². The summed E-state index contributed by atoms with van der Waals surface area (Å²) in [5.41, 5.74) is 0. The number of hydrogen-bond acceptors (Lipinski definition) is 3. The van der Waals surface area contributed by atoms with Crippen LogP contribution >= 0.6 is 0 Å². The predicted molar refractivity (Wildman–Crippen MR) is 18.7 cm³/mol. The lowest BCUT2D eigenvalue weighted by Gasteiger charge is -1.96. The molecule has 0 aromatic carbocycles. The third-order valence-electron chi connectivity index (χ3n) is 0.574. The zero-order valence-electron chi connectivity index (χ0n) is 3.40. The zero-order chi connectivity index (χ0) is 5.28. The average Bonchev–Trinajstić information content (AvgIpc) is 1.91. The van der Waals surface area contributed by atoms with E-state index >= 15 is 0 Å². The van der Waals surface area contributed by atoms with Gasteiger partial charge in [-0.3, -0.25) is 5.21 Å². The van der Waals surface area contributed by atoms with Gasteiger partial charge >= 0.3 is 6.03 Å². The quantitative estimate of drug-likeness (QED) is 0.443. The molecule has 0 atom stereocenters. The molecule has 0 unspecified atom stereocenters. The van der Waals surface area contributed by atoms with Gasteiger partial charge in [-0.15, -0.1) is 0 Å². The third-order valence-corrected chi connectivity index (χ3v) is 0.574. The van der Waals surface area contributed by atoms with Crippen LogP contribution in [0.4, 0.5) is 4.79 Å². The molecule has 1 heterocycles. The molecule has 1 aliphatic heterocycles. The first-order valence-electron chi connectivity index (χ1n) is 1.68. The van der Waals surface area contributed by atoms with E-state index in [1.54, 1.807) is 0 Å². The summed E-state index contributed by atoms with van der Waals surface area (Å²) in [6, 6.07) is -0.694. The highest BCUT2D eigenvalue weighted by Crippen LogP contribution is 1.97. The normalized spacial score (nSPS) is 19.0. The van der Waals surface area contributed by atoms with E-state index in [-0.39, 0.29) is 6.67 Å². The van der Waals surface area contributed by atoms with Crippen molar-refractivity contribution in [1.82, 2.24) is 5.06 Å². The van der Waals surface area contributed by atoms with Gasteiger partial charge in [0.1, 0.15) is 0 Å². The maximum Gasteiger partial charge on any atom is 0.387 e. The number of urea groups is 1. The molecule has 0 radical (unpaired) electrons. The Hall–Kier alpha value is -0.970. The molecule has 38 valence electrons. The molecule has 0 fully saturated rings. The fourth-order valence-electron chi connectivity index (χ4n) is 0.264. The van der Waals surface area contributed by atoms with Crippen molar-refractivity contribution in [1.29, 1.82) is 0 Å². The van der Waals surface area contributed by atoms with Crippen LogP contribution in [-0.2, 0) is 0 Å². The first-order chi connectivity index (χ1) is 3.30. The maximum atomic E-state index is 9.99. The second-order valence-electron chi connectivity index (χ2n) is 1.06. The van der Waals surface area contributed by atoms with Crippen molar-refractivity contribution in [2.24, 2.45) is 10.2 Å². The van der Waals surface area contributed by atoms with Crippen LogP contribution in [0.25, 0.3) is 0 Å². The minimum Gasteiger partial charge on any atom is -0.282 e. The molecule has 1 aliphatic rings. The number of hydrogen-bond donors (Lipinski definition) is 1. The van der Waals surface area contributed by atoms with Crippen molar-refractivity contribution in [3.8, 4) is 0 Å². The van der Waals surface area contributed by atoms with Crippen LogP contribution in [-0.4, -0.2) is 23.0 Å². The highest BCUT2D eigenvalue weighted by molar-refractivity contribution is 5.74. The molecule has 0 saturated carbocycles. The summed E-state index contributed by atoms with van der Waals surface area (Å²) in [5, 5.41) is 14.9. The highest BCUT2D eigenvalue weighted by atomic mass is 16.5. The van der Waals surface area contributed by atoms with Gasteiger partial charge in [-0.1, -0.05) is 5.11 Å². The Bertz CT molecular complexity index is 120. The molecule has 0 saturated heterocycles. The van der Waals surface area contributed by atoms with Gasteiger partial charge in [-0.25, -0.2) is 4.79 Å². The van der Waals surface area contributed by atoms with Crippen LogP contribution in [0, 0.1) is 0 Å². The van der Waals surface area contributed by atoms with E-state index in [1.165, 1.54) is 0 Å². The topological polar surface area (TPSA) is 65.3 Å².